The highest BCUT2D eigenvalue weighted by atomic mass is 35.5. The minimum Gasteiger partial charge on any atom is -0.326 e. The summed E-state index contributed by atoms with van der Waals surface area (Å²) in [6.07, 6.45) is 0.0583. The lowest BCUT2D eigenvalue weighted by Gasteiger charge is -2.06. The highest BCUT2D eigenvalue weighted by molar-refractivity contribution is 7.84. The van der Waals surface area contributed by atoms with Crippen molar-refractivity contribution < 1.29 is 17.8 Å². The molecule has 7 heteroatoms. The average Bonchev–Trinajstić information content (AvgIpc) is 2.50. The van der Waals surface area contributed by atoms with Crippen LogP contribution in [0.25, 0.3) is 0 Å². The number of hydrogen-bond acceptors (Lipinski definition) is 2. The highest BCUT2D eigenvalue weighted by Gasteiger charge is 2.10. The van der Waals surface area contributed by atoms with E-state index in [0.717, 1.165) is 6.07 Å². The molecule has 1 amide bonds. The van der Waals surface area contributed by atoms with E-state index in [-0.39, 0.29) is 34.7 Å². The normalized spacial score (nSPS) is 12.0. The third-order valence-corrected chi connectivity index (χ3v) is 4.66. The largest absolute Gasteiger partial charge is 0.326 e. The topological polar surface area (TPSA) is 46.2 Å². The number of anilines is 1. The van der Waals surface area contributed by atoms with Crippen molar-refractivity contribution in [1.29, 1.82) is 0 Å². The van der Waals surface area contributed by atoms with Gasteiger partial charge in [-0.15, -0.1) is 0 Å². The summed E-state index contributed by atoms with van der Waals surface area (Å²) in [5, 5.41) is 2.81. The van der Waals surface area contributed by atoms with E-state index in [1.165, 1.54) is 36.4 Å². The van der Waals surface area contributed by atoms with Gasteiger partial charge in [0.25, 0.3) is 0 Å². The number of carbonyl (C=O) groups excluding carboxylic acids is 1. The van der Waals surface area contributed by atoms with Gasteiger partial charge >= 0.3 is 0 Å². The molecule has 0 heterocycles. The molecule has 0 aromatic heterocycles. The van der Waals surface area contributed by atoms with Gasteiger partial charge in [-0.3, -0.25) is 9.00 Å². The molecule has 122 valence electrons. The Morgan fingerprint density at radius 1 is 1.09 bits per heavy atom. The summed E-state index contributed by atoms with van der Waals surface area (Å²) in [6.45, 7) is 0. The van der Waals surface area contributed by atoms with Crippen molar-refractivity contribution in [3.05, 3.63) is 64.7 Å². The number of nitrogens with one attached hydrogen (secondary N) is 1. The zero-order valence-corrected chi connectivity index (χ0v) is 13.6. The summed E-state index contributed by atoms with van der Waals surface area (Å²) in [4.78, 5) is 11.8. The molecule has 0 unspecified atom stereocenters. The van der Waals surface area contributed by atoms with Crippen LogP contribution in [0.4, 0.5) is 14.5 Å². The third kappa shape index (κ3) is 5.73. The molecular formula is C16H14ClF2NO2S. The first-order chi connectivity index (χ1) is 10.9. The summed E-state index contributed by atoms with van der Waals surface area (Å²) in [7, 11) is -1.30. The summed E-state index contributed by atoms with van der Waals surface area (Å²) < 4.78 is 37.7. The van der Waals surface area contributed by atoms with Gasteiger partial charge in [-0.25, -0.2) is 8.78 Å². The molecule has 2 aromatic carbocycles. The van der Waals surface area contributed by atoms with Crippen LogP contribution in [0.5, 0.6) is 0 Å². The SMILES string of the molecule is O=C(CC[S@](=O)Cc1ccc(F)cc1Cl)Nc1ccc(F)cc1. The lowest BCUT2D eigenvalue weighted by atomic mass is 10.2. The Hall–Kier alpha value is -1.79. The lowest BCUT2D eigenvalue weighted by molar-refractivity contribution is -0.115. The lowest BCUT2D eigenvalue weighted by Crippen LogP contribution is -2.15. The Labute approximate surface area is 140 Å². The number of halogens is 3. The van der Waals surface area contributed by atoms with Gasteiger partial charge in [0.2, 0.25) is 5.91 Å². The molecular weight excluding hydrogens is 344 g/mol. The van der Waals surface area contributed by atoms with Crippen molar-refractivity contribution in [3.8, 4) is 0 Å². The van der Waals surface area contributed by atoms with Crippen molar-refractivity contribution in [3.63, 3.8) is 0 Å². The molecule has 0 radical (unpaired) electrons. The fourth-order valence-corrected chi connectivity index (χ4v) is 3.32. The van der Waals surface area contributed by atoms with Gasteiger partial charge < -0.3 is 5.32 Å². The van der Waals surface area contributed by atoms with Crippen LogP contribution in [0.1, 0.15) is 12.0 Å². The van der Waals surface area contributed by atoms with E-state index in [9.17, 15) is 17.8 Å². The molecule has 0 aliphatic heterocycles. The van der Waals surface area contributed by atoms with Crippen LogP contribution in [0, 0.1) is 11.6 Å². The van der Waals surface area contributed by atoms with E-state index >= 15 is 0 Å². The molecule has 0 fully saturated rings. The predicted molar refractivity (Wildman–Crippen MR) is 87.8 cm³/mol. The predicted octanol–water partition coefficient (Wildman–Crippen LogP) is 3.90. The smallest absolute Gasteiger partial charge is 0.225 e. The summed E-state index contributed by atoms with van der Waals surface area (Å²) in [6, 6.07) is 9.27. The van der Waals surface area contributed by atoms with Crippen LogP contribution < -0.4 is 5.32 Å². The second kappa shape index (κ2) is 8.17. The molecule has 1 atom stereocenters. The molecule has 1 N–H and O–H groups in total. The summed E-state index contributed by atoms with van der Waals surface area (Å²) in [5.41, 5.74) is 1.05. The van der Waals surface area contributed by atoms with Gasteiger partial charge in [-0.05, 0) is 42.0 Å². The number of rotatable bonds is 6. The number of carbonyl (C=O) groups is 1. The van der Waals surface area contributed by atoms with Gasteiger partial charge in [-0.1, -0.05) is 17.7 Å². The van der Waals surface area contributed by atoms with Crippen LogP contribution in [-0.4, -0.2) is 15.9 Å². The minimum absolute atomic E-state index is 0.0583. The number of benzene rings is 2. The molecule has 2 rings (SSSR count). The fraction of sp³-hybridized carbons (Fsp3) is 0.188. The molecule has 2 aromatic rings. The molecule has 0 aliphatic carbocycles. The van der Waals surface area contributed by atoms with E-state index in [1.54, 1.807) is 0 Å². The highest BCUT2D eigenvalue weighted by Crippen LogP contribution is 2.19. The van der Waals surface area contributed by atoms with Gasteiger partial charge in [-0.2, -0.15) is 0 Å². The van der Waals surface area contributed by atoms with Crippen LogP contribution in [0.2, 0.25) is 5.02 Å². The standard InChI is InChI=1S/C16H14ClF2NO2S/c17-15-9-13(19)2-1-11(15)10-23(22)8-7-16(21)20-14-5-3-12(18)4-6-14/h1-6,9H,7-8,10H2,(H,20,21)/t23-/m0/s1. The van der Waals surface area contributed by atoms with Gasteiger partial charge in [0.15, 0.2) is 0 Å². The molecule has 0 aliphatic rings. The van der Waals surface area contributed by atoms with Crippen molar-refractivity contribution >= 4 is 34.0 Å². The fourth-order valence-electron chi connectivity index (χ4n) is 1.85. The molecule has 0 saturated carbocycles. The molecule has 0 bridgehead atoms. The van der Waals surface area contributed by atoms with Crippen LogP contribution in [0.3, 0.4) is 0 Å². The maximum atomic E-state index is 12.9. The van der Waals surface area contributed by atoms with Gasteiger partial charge in [0, 0.05) is 33.7 Å². The zero-order valence-electron chi connectivity index (χ0n) is 12.0. The van der Waals surface area contributed by atoms with Crippen LogP contribution in [0.15, 0.2) is 42.5 Å². The number of hydrogen-bond donors (Lipinski definition) is 1. The Morgan fingerprint density at radius 2 is 1.74 bits per heavy atom. The first-order valence-corrected chi connectivity index (χ1v) is 8.65. The zero-order chi connectivity index (χ0) is 16.8. The van der Waals surface area contributed by atoms with E-state index < -0.39 is 16.6 Å². The Morgan fingerprint density at radius 3 is 2.39 bits per heavy atom. The van der Waals surface area contributed by atoms with Crippen molar-refractivity contribution in [1.82, 2.24) is 0 Å². The molecule has 23 heavy (non-hydrogen) atoms. The molecule has 0 spiro atoms. The van der Waals surface area contributed by atoms with Crippen molar-refractivity contribution in [2.75, 3.05) is 11.1 Å². The van der Waals surface area contributed by atoms with E-state index in [0.29, 0.717) is 11.3 Å². The second-order valence-corrected chi connectivity index (χ2v) is 6.81. The maximum absolute atomic E-state index is 12.9. The van der Waals surface area contributed by atoms with Crippen LogP contribution >= 0.6 is 11.6 Å². The first kappa shape index (κ1) is 17.6. The Bertz CT molecular complexity index is 723. The monoisotopic (exact) mass is 357 g/mol. The average molecular weight is 358 g/mol. The van der Waals surface area contributed by atoms with E-state index in [2.05, 4.69) is 5.32 Å². The Balaban J connectivity index is 1.81. The van der Waals surface area contributed by atoms with E-state index in [4.69, 9.17) is 11.6 Å². The van der Waals surface area contributed by atoms with Crippen molar-refractivity contribution in [2.24, 2.45) is 0 Å². The number of amides is 1. The quantitative estimate of drug-likeness (QED) is 0.852. The van der Waals surface area contributed by atoms with Gasteiger partial charge in [0.1, 0.15) is 11.6 Å². The molecule has 0 saturated heterocycles. The minimum atomic E-state index is -1.30. The third-order valence-electron chi connectivity index (χ3n) is 3.02. The molecule has 3 nitrogen and oxygen atoms in total. The first-order valence-electron chi connectivity index (χ1n) is 6.78. The van der Waals surface area contributed by atoms with E-state index in [1.807, 2.05) is 0 Å². The maximum Gasteiger partial charge on any atom is 0.225 e. The summed E-state index contributed by atoms with van der Waals surface area (Å²) in [5.74, 6) is -0.845. The Kier molecular flexibility index (Phi) is 6.24. The summed E-state index contributed by atoms with van der Waals surface area (Å²) >= 11 is 5.87. The van der Waals surface area contributed by atoms with Gasteiger partial charge in [0.05, 0.1) is 5.75 Å². The van der Waals surface area contributed by atoms with Crippen LogP contribution in [-0.2, 0) is 21.3 Å². The second-order valence-electron chi connectivity index (χ2n) is 4.83. The van der Waals surface area contributed by atoms with Crippen molar-refractivity contribution in [2.45, 2.75) is 12.2 Å².